The lowest BCUT2D eigenvalue weighted by atomic mass is 9.94. The van der Waals surface area contributed by atoms with Crippen LogP contribution >= 0.6 is 0 Å². The highest BCUT2D eigenvalue weighted by molar-refractivity contribution is 5.82. The fourth-order valence-corrected chi connectivity index (χ4v) is 3.81. The Hall–Kier alpha value is -3.34. The minimum absolute atomic E-state index is 0.125. The molecule has 0 aliphatic carbocycles. The molecule has 0 bridgehead atoms. The molecular weight excluding hydrogens is 376 g/mol. The van der Waals surface area contributed by atoms with E-state index in [1.54, 1.807) is 12.3 Å². The normalized spacial score (nSPS) is 19.4. The van der Waals surface area contributed by atoms with Crippen molar-refractivity contribution in [3.8, 4) is 12.3 Å². The molecule has 1 fully saturated rings. The number of nitrogens with zero attached hydrogens (tertiary/aromatic N) is 5. The minimum Gasteiger partial charge on any atom is -0.356 e. The predicted molar refractivity (Wildman–Crippen MR) is 104 cm³/mol. The Kier molecular flexibility index (Phi) is 5.21. The largest absolute Gasteiger partial charge is 0.356 e. The highest BCUT2D eigenvalue weighted by Crippen LogP contribution is 2.33. The van der Waals surface area contributed by atoms with Gasteiger partial charge in [-0.25, -0.2) is 23.8 Å². The number of benzene rings is 1. The first-order chi connectivity index (χ1) is 14.0. The van der Waals surface area contributed by atoms with E-state index in [0.717, 1.165) is 11.9 Å². The van der Waals surface area contributed by atoms with Gasteiger partial charge in [-0.05, 0) is 30.5 Å². The van der Waals surface area contributed by atoms with Gasteiger partial charge in [0.05, 0.1) is 6.04 Å². The number of amides is 1. The molecule has 8 heteroatoms. The molecule has 1 saturated heterocycles. The minimum atomic E-state index is -0.663. The summed E-state index contributed by atoms with van der Waals surface area (Å²) in [7, 11) is 0. The molecule has 2 aliphatic rings. The number of carbonyl (C=O) groups excluding carboxylic acids is 1. The van der Waals surface area contributed by atoms with Crippen LogP contribution in [0.15, 0.2) is 35.7 Å². The monoisotopic (exact) mass is 395 g/mol. The van der Waals surface area contributed by atoms with Crippen molar-refractivity contribution in [1.29, 1.82) is 0 Å². The maximum Gasteiger partial charge on any atom is 0.246 e. The van der Waals surface area contributed by atoms with Crippen LogP contribution in [-0.4, -0.2) is 40.2 Å². The SMILES string of the molecule is C#Cc1cc(N2CCC(C(=O)N3N=CC[C@H]3c3cc(F)cc(F)c3)CC2)ncn1. The molecule has 0 N–H and O–H groups in total. The zero-order valence-corrected chi connectivity index (χ0v) is 15.6. The topological polar surface area (TPSA) is 61.7 Å². The van der Waals surface area contributed by atoms with E-state index in [2.05, 4.69) is 25.9 Å². The number of anilines is 1. The highest BCUT2D eigenvalue weighted by atomic mass is 19.1. The van der Waals surface area contributed by atoms with E-state index in [4.69, 9.17) is 6.42 Å². The number of carbonyl (C=O) groups is 1. The number of rotatable bonds is 3. The molecule has 29 heavy (non-hydrogen) atoms. The van der Waals surface area contributed by atoms with E-state index in [-0.39, 0.29) is 11.8 Å². The van der Waals surface area contributed by atoms with Crippen LogP contribution in [0.5, 0.6) is 0 Å². The second kappa shape index (κ2) is 7.95. The van der Waals surface area contributed by atoms with Gasteiger partial charge in [0.15, 0.2) is 0 Å². The molecule has 1 aromatic carbocycles. The molecule has 1 amide bonds. The molecule has 3 heterocycles. The summed E-state index contributed by atoms with van der Waals surface area (Å²) in [6.45, 7) is 1.29. The summed E-state index contributed by atoms with van der Waals surface area (Å²) < 4.78 is 27.2. The van der Waals surface area contributed by atoms with Gasteiger partial charge >= 0.3 is 0 Å². The van der Waals surface area contributed by atoms with Crippen LogP contribution in [0.25, 0.3) is 0 Å². The number of hydrogen-bond acceptors (Lipinski definition) is 5. The zero-order chi connectivity index (χ0) is 20.4. The van der Waals surface area contributed by atoms with Crippen molar-refractivity contribution in [2.75, 3.05) is 18.0 Å². The van der Waals surface area contributed by atoms with E-state index in [1.165, 1.54) is 23.5 Å². The second-order valence-electron chi connectivity index (χ2n) is 7.10. The van der Waals surface area contributed by atoms with Gasteiger partial charge in [-0.15, -0.1) is 6.42 Å². The molecule has 6 nitrogen and oxygen atoms in total. The van der Waals surface area contributed by atoms with Gasteiger partial charge < -0.3 is 4.90 Å². The molecule has 148 valence electrons. The van der Waals surface area contributed by atoms with Crippen LogP contribution in [0.1, 0.15) is 36.6 Å². The summed E-state index contributed by atoms with van der Waals surface area (Å²) in [6.07, 6.45) is 10.1. The van der Waals surface area contributed by atoms with Crippen LogP contribution < -0.4 is 4.90 Å². The number of terminal acetylenes is 1. The average Bonchev–Trinajstić information content (AvgIpc) is 3.23. The fourth-order valence-electron chi connectivity index (χ4n) is 3.81. The van der Waals surface area contributed by atoms with E-state index in [9.17, 15) is 13.6 Å². The van der Waals surface area contributed by atoms with Crippen LogP contribution in [0.2, 0.25) is 0 Å². The Morgan fingerprint density at radius 2 is 1.83 bits per heavy atom. The third kappa shape index (κ3) is 3.94. The van der Waals surface area contributed by atoms with Crippen molar-refractivity contribution in [3.05, 3.63) is 53.5 Å². The zero-order valence-electron chi connectivity index (χ0n) is 15.6. The number of hydrazone groups is 1. The first-order valence-corrected chi connectivity index (χ1v) is 9.40. The molecule has 2 aliphatic heterocycles. The van der Waals surface area contributed by atoms with E-state index in [1.807, 2.05) is 0 Å². The molecule has 0 saturated carbocycles. The number of piperidine rings is 1. The van der Waals surface area contributed by atoms with E-state index < -0.39 is 17.7 Å². The smallest absolute Gasteiger partial charge is 0.246 e. The Labute approximate surface area is 167 Å². The van der Waals surface area contributed by atoms with Gasteiger partial charge in [-0.1, -0.05) is 5.92 Å². The molecule has 0 spiro atoms. The van der Waals surface area contributed by atoms with Crippen LogP contribution in [-0.2, 0) is 4.79 Å². The number of aromatic nitrogens is 2. The summed E-state index contributed by atoms with van der Waals surface area (Å²) in [5, 5.41) is 5.56. The van der Waals surface area contributed by atoms with Crippen molar-refractivity contribution in [1.82, 2.24) is 15.0 Å². The maximum absolute atomic E-state index is 13.6. The van der Waals surface area contributed by atoms with Gasteiger partial charge in [0.1, 0.15) is 29.5 Å². The Morgan fingerprint density at radius 3 is 2.52 bits per heavy atom. The van der Waals surface area contributed by atoms with Crippen LogP contribution in [0.4, 0.5) is 14.6 Å². The predicted octanol–water partition coefficient (Wildman–Crippen LogP) is 2.91. The Bertz CT molecular complexity index is 975. The summed E-state index contributed by atoms with van der Waals surface area (Å²) >= 11 is 0. The average molecular weight is 395 g/mol. The molecule has 0 radical (unpaired) electrons. The lowest BCUT2D eigenvalue weighted by molar-refractivity contribution is -0.138. The molecule has 2 aromatic rings. The molecule has 0 unspecified atom stereocenters. The second-order valence-corrected chi connectivity index (χ2v) is 7.10. The third-order valence-corrected chi connectivity index (χ3v) is 5.29. The van der Waals surface area contributed by atoms with Gasteiger partial charge in [0.2, 0.25) is 5.91 Å². The number of halogens is 2. The lowest BCUT2D eigenvalue weighted by Crippen LogP contribution is -2.41. The van der Waals surface area contributed by atoms with E-state index >= 15 is 0 Å². The van der Waals surface area contributed by atoms with Crippen LogP contribution in [0.3, 0.4) is 0 Å². The maximum atomic E-state index is 13.6. The summed E-state index contributed by atoms with van der Waals surface area (Å²) in [5.41, 5.74) is 0.929. The molecular formula is C21H19F2N5O. The van der Waals surface area contributed by atoms with Gasteiger partial charge in [-0.2, -0.15) is 5.10 Å². The van der Waals surface area contributed by atoms with Gasteiger partial charge in [0.25, 0.3) is 0 Å². The first-order valence-electron chi connectivity index (χ1n) is 9.40. The van der Waals surface area contributed by atoms with Crippen molar-refractivity contribution >= 4 is 17.9 Å². The lowest BCUT2D eigenvalue weighted by Gasteiger charge is -2.34. The van der Waals surface area contributed by atoms with Gasteiger partial charge in [-0.3, -0.25) is 4.79 Å². The van der Waals surface area contributed by atoms with Crippen molar-refractivity contribution < 1.29 is 13.6 Å². The third-order valence-electron chi connectivity index (χ3n) is 5.29. The summed E-state index contributed by atoms with van der Waals surface area (Å²) in [5.74, 6) is 1.57. The van der Waals surface area contributed by atoms with Crippen molar-refractivity contribution in [2.45, 2.75) is 25.3 Å². The summed E-state index contributed by atoms with van der Waals surface area (Å²) in [4.78, 5) is 23.4. The Balaban J connectivity index is 1.43. The number of hydrogen-bond donors (Lipinski definition) is 0. The highest BCUT2D eigenvalue weighted by Gasteiger charge is 2.35. The standard InChI is InChI=1S/C21H19F2N5O/c1-2-18-12-20(25-13-24-18)27-7-4-14(5-8-27)21(29)28-19(3-6-26-28)15-9-16(22)11-17(23)10-15/h1,6,9-14,19H,3-5,7-8H2/t19-/m0/s1. The Morgan fingerprint density at radius 1 is 1.10 bits per heavy atom. The van der Waals surface area contributed by atoms with Crippen molar-refractivity contribution in [2.24, 2.45) is 11.0 Å². The molecule has 1 aromatic heterocycles. The fraction of sp³-hybridized carbons (Fsp3) is 0.333. The quantitative estimate of drug-likeness (QED) is 0.750. The molecule has 1 atom stereocenters. The van der Waals surface area contributed by atoms with Gasteiger partial charge in [0, 0.05) is 43.8 Å². The van der Waals surface area contributed by atoms with E-state index in [0.29, 0.717) is 43.6 Å². The van der Waals surface area contributed by atoms with Crippen molar-refractivity contribution in [3.63, 3.8) is 0 Å². The van der Waals surface area contributed by atoms with Crippen LogP contribution in [0, 0.1) is 29.9 Å². The molecule has 4 rings (SSSR count). The first kappa shape index (κ1) is 19.0. The summed E-state index contributed by atoms with van der Waals surface area (Å²) in [6, 6.07) is 4.60.